The van der Waals surface area contributed by atoms with Crippen molar-refractivity contribution in [3.8, 4) is 16.9 Å². The van der Waals surface area contributed by atoms with Gasteiger partial charge in [-0.05, 0) is 81.3 Å². The Morgan fingerprint density at radius 3 is 2.51 bits per heavy atom. The molecule has 2 N–H and O–H groups in total. The van der Waals surface area contributed by atoms with E-state index in [1.54, 1.807) is 39.0 Å². The molecule has 268 valence electrons. The summed E-state index contributed by atoms with van der Waals surface area (Å²) in [5.41, 5.74) is 5.87. The summed E-state index contributed by atoms with van der Waals surface area (Å²) in [7, 11) is 5.15. The van der Waals surface area contributed by atoms with Gasteiger partial charge in [0.1, 0.15) is 24.2 Å². The molecule has 0 aliphatic carbocycles. The van der Waals surface area contributed by atoms with Gasteiger partial charge in [-0.25, -0.2) is 4.98 Å². The molecule has 0 saturated carbocycles. The molecule has 2 aromatic carbocycles. The lowest BCUT2D eigenvalue weighted by Gasteiger charge is -2.45. The molecular formula is C36H44BrN10O3P. The highest BCUT2D eigenvalue weighted by Gasteiger charge is 2.50. The second-order valence-corrected chi connectivity index (χ2v) is 18.1. The third-order valence-corrected chi connectivity index (χ3v) is 12.2. The first-order chi connectivity index (χ1) is 24.4. The van der Waals surface area contributed by atoms with Crippen LogP contribution in [0.4, 0.5) is 28.8 Å². The first kappa shape index (κ1) is 35.3. The standard InChI is InChI=1S/C36H44BrN10O3P/c1-22-33(45(2)3)36(21-50-22)10-14-47(15-11-36)29-17-30(49-5)28(16-24(29)23-18-41-46(4)20-23)43-35-40-19-25(37)34(44-35)42-27-9-8-26-31(39-13-12-38-26)32(27)51(6,7)48/h8-9,12-13,16-20,22,33H,10-11,14-15,21H2,1-7H3,(H2,40,42,43,44)/t22-,33-/m0/s1. The van der Waals surface area contributed by atoms with Crippen molar-refractivity contribution in [1.29, 1.82) is 0 Å². The van der Waals surface area contributed by atoms with Crippen LogP contribution in [0.5, 0.6) is 5.75 Å². The Balaban J connectivity index is 1.21. The molecule has 5 heterocycles. The Labute approximate surface area is 306 Å². The van der Waals surface area contributed by atoms with E-state index in [1.807, 2.05) is 36.3 Å². The van der Waals surface area contributed by atoms with Crippen molar-refractivity contribution >= 4 is 68.2 Å². The van der Waals surface area contributed by atoms with E-state index in [9.17, 15) is 4.57 Å². The average molecular weight is 776 g/mol. The minimum absolute atomic E-state index is 0.135. The van der Waals surface area contributed by atoms with Gasteiger partial charge in [-0.3, -0.25) is 14.6 Å². The highest BCUT2D eigenvalue weighted by Crippen LogP contribution is 2.47. The van der Waals surface area contributed by atoms with Crippen LogP contribution in [0.2, 0.25) is 0 Å². The van der Waals surface area contributed by atoms with Gasteiger partial charge in [-0.2, -0.15) is 10.1 Å². The summed E-state index contributed by atoms with van der Waals surface area (Å²) in [6, 6.07) is 8.29. The molecule has 2 fully saturated rings. The van der Waals surface area contributed by atoms with Gasteiger partial charge in [0, 0.05) is 79.3 Å². The SMILES string of the molecule is COc1cc(N2CCC3(CC2)CO[C@@H](C)[C@@H]3N(C)C)c(-c2cnn(C)c2)cc1Nc1ncc(Br)c(Nc2ccc3nccnc3c2P(C)(C)=O)n1. The summed E-state index contributed by atoms with van der Waals surface area (Å²) < 4.78 is 28.2. The number of fused-ring (bicyclic) bond motifs is 1. The first-order valence-corrected chi connectivity index (χ1v) is 20.4. The zero-order valence-corrected chi connectivity index (χ0v) is 32.5. The van der Waals surface area contributed by atoms with Crippen molar-refractivity contribution in [3.63, 3.8) is 0 Å². The fourth-order valence-corrected chi connectivity index (χ4v) is 9.58. The zero-order chi connectivity index (χ0) is 36.1. The Morgan fingerprint density at radius 2 is 1.82 bits per heavy atom. The highest BCUT2D eigenvalue weighted by molar-refractivity contribution is 9.10. The number of anilines is 5. The van der Waals surface area contributed by atoms with Crippen LogP contribution in [0.3, 0.4) is 0 Å². The fraction of sp³-hybridized carbons (Fsp3) is 0.417. The van der Waals surface area contributed by atoms with Crippen LogP contribution in [-0.2, 0) is 16.3 Å². The molecule has 0 bridgehead atoms. The molecule has 2 saturated heterocycles. The molecule has 3 aromatic heterocycles. The monoisotopic (exact) mass is 774 g/mol. The molecule has 7 rings (SSSR count). The molecule has 0 unspecified atom stereocenters. The maximum absolute atomic E-state index is 13.5. The molecule has 0 radical (unpaired) electrons. The summed E-state index contributed by atoms with van der Waals surface area (Å²) in [5.74, 6) is 1.51. The predicted molar refractivity (Wildman–Crippen MR) is 207 cm³/mol. The molecule has 2 atom stereocenters. The van der Waals surface area contributed by atoms with Gasteiger partial charge in [0.2, 0.25) is 5.95 Å². The van der Waals surface area contributed by atoms with Gasteiger partial charge in [-0.1, -0.05) is 0 Å². The second kappa shape index (κ2) is 13.8. The molecule has 51 heavy (non-hydrogen) atoms. The van der Waals surface area contributed by atoms with Gasteiger partial charge in [0.15, 0.2) is 0 Å². The minimum Gasteiger partial charge on any atom is -0.494 e. The molecule has 2 aliphatic rings. The van der Waals surface area contributed by atoms with Crippen molar-refractivity contribution in [2.24, 2.45) is 12.5 Å². The summed E-state index contributed by atoms with van der Waals surface area (Å²) in [6.07, 6.45) is 11.1. The molecule has 2 aliphatic heterocycles. The van der Waals surface area contributed by atoms with Crippen molar-refractivity contribution < 1.29 is 14.0 Å². The van der Waals surface area contributed by atoms with Crippen LogP contribution in [0.15, 0.2) is 59.7 Å². The third kappa shape index (κ3) is 6.82. The number of aromatic nitrogens is 6. The van der Waals surface area contributed by atoms with Crippen LogP contribution in [0.1, 0.15) is 19.8 Å². The van der Waals surface area contributed by atoms with E-state index in [-0.39, 0.29) is 11.5 Å². The van der Waals surface area contributed by atoms with Gasteiger partial charge in [0.25, 0.3) is 0 Å². The summed E-state index contributed by atoms with van der Waals surface area (Å²) in [4.78, 5) is 23.1. The predicted octanol–water partition coefficient (Wildman–Crippen LogP) is 6.26. The van der Waals surface area contributed by atoms with Crippen molar-refractivity contribution in [2.75, 3.05) is 69.8 Å². The maximum atomic E-state index is 13.5. The average Bonchev–Trinajstić information content (AvgIpc) is 3.68. The number of nitrogens with zero attached hydrogens (tertiary/aromatic N) is 8. The Kier molecular flexibility index (Phi) is 9.55. The number of rotatable bonds is 9. The van der Waals surface area contributed by atoms with Crippen molar-refractivity contribution in [1.82, 2.24) is 34.6 Å². The fourth-order valence-electron chi connectivity index (χ4n) is 7.89. The molecule has 15 heteroatoms. The zero-order valence-electron chi connectivity index (χ0n) is 30.0. The minimum atomic E-state index is -2.77. The second-order valence-electron chi connectivity index (χ2n) is 14.1. The van der Waals surface area contributed by atoms with E-state index in [2.05, 4.69) is 89.6 Å². The van der Waals surface area contributed by atoms with Gasteiger partial charge >= 0.3 is 0 Å². The summed E-state index contributed by atoms with van der Waals surface area (Å²) >= 11 is 3.60. The normalized spacial score (nSPS) is 18.9. The van der Waals surface area contributed by atoms with Crippen LogP contribution in [0, 0.1) is 5.41 Å². The lowest BCUT2D eigenvalue weighted by atomic mass is 9.72. The smallest absolute Gasteiger partial charge is 0.229 e. The van der Waals surface area contributed by atoms with Crippen LogP contribution in [-0.4, -0.2) is 101 Å². The van der Waals surface area contributed by atoms with Crippen molar-refractivity contribution in [2.45, 2.75) is 31.9 Å². The Hall–Kier alpha value is -4.10. The first-order valence-electron chi connectivity index (χ1n) is 17.0. The number of benzene rings is 2. The van der Waals surface area contributed by atoms with Crippen LogP contribution >= 0.6 is 23.1 Å². The topological polar surface area (TPSA) is 135 Å². The van der Waals surface area contributed by atoms with E-state index in [0.29, 0.717) is 55.7 Å². The number of hydrogen-bond acceptors (Lipinski definition) is 12. The van der Waals surface area contributed by atoms with E-state index < -0.39 is 7.14 Å². The van der Waals surface area contributed by atoms with E-state index in [4.69, 9.17) is 14.5 Å². The van der Waals surface area contributed by atoms with Gasteiger partial charge in [-0.15, -0.1) is 0 Å². The summed E-state index contributed by atoms with van der Waals surface area (Å²) in [5, 5.41) is 11.9. The quantitative estimate of drug-likeness (QED) is 0.164. The van der Waals surface area contributed by atoms with Crippen LogP contribution in [0.25, 0.3) is 22.2 Å². The lowest BCUT2D eigenvalue weighted by Crippen LogP contribution is -2.52. The van der Waals surface area contributed by atoms with Crippen molar-refractivity contribution in [3.05, 3.63) is 59.7 Å². The number of aryl methyl sites for hydroxylation is 1. The van der Waals surface area contributed by atoms with Gasteiger partial charge < -0.3 is 34.5 Å². The number of likely N-dealkylation sites (N-methyl/N-ethyl adjacent to an activating group) is 1. The molecule has 13 nitrogen and oxygen atoms in total. The van der Waals surface area contributed by atoms with E-state index in [0.717, 1.165) is 49.4 Å². The molecule has 0 amide bonds. The number of hydrogen-bond donors (Lipinski definition) is 2. The lowest BCUT2D eigenvalue weighted by molar-refractivity contribution is 0.0913. The number of methoxy groups -OCH3 is 1. The highest BCUT2D eigenvalue weighted by atomic mass is 79.9. The largest absolute Gasteiger partial charge is 0.494 e. The van der Waals surface area contributed by atoms with E-state index in [1.165, 1.54) is 0 Å². The molecule has 1 spiro atoms. The Morgan fingerprint density at radius 1 is 1.06 bits per heavy atom. The number of ether oxygens (including phenoxy) is 2. The number of piperidine rings is 1. The third-order valence-electron chi connectivity index (χ3n) is 10.1. The van der Waals surface area contributed by atoms with Gasteiger partial charge in [0.05, 0.1) is 52.7 Å². The summed E-state index contributed by atoms with van der Waals surface area (Å²) in [6.45, 7) is 8.25. The molecule has 5 aromatic rings. The molecular weight excluding hydrogens is 731 g/mol. The Bertz CT molecular complexity index is 2130. The van der Waals surface area contributed by atoms with Crippen LogP contribution < -0.4 is 25.6 Å². The number of halogens is 1. The maximum Gasteiger partial charge on any atom is 0.229 e. The van der Waals surface area contributed by atoms with E-state index >= 15 is 0 Å². The number of nitrogens with one attached hydrogen (secondary N) is 2.